The van der Waals surface area contributed by atoms with Gasteiger partial charge in [0.15, 0.2) is 6.61 Å². The smallest absolute Gasteiger partial charge is 0.332 e. The summed E-state index contributed by atoms with van der Waals surface area (Å²) in [5.74, 6) is -1.81. The predicted octanol–water partition coefficient (Wildman–Crippen LogP) is 3.91. The molecule has 21 heavy (non-hydrogen) atoms. The van der Waals surface area contributed by atoms with E-state index in [4.69, 9.17) is 44.7 Å². The number of aliphatic carboxylic acids is 1. The van der Waals surface area contributed by atoms with Crippen LogP contribution in [-0.4, -0.2) is 35.2 Å². The van der Waals surface area contributed by atoms with Crippen LogP contribution in [0.2, 0.25) is 15.1 Å². The first-order valence-corrected chi connectivity index (χ1v) is 7.32. The second-order valence-corrected chi connectivity index (χ2v) is 5.34. The van der Waals surface area contributed by atoms with Crippen molar-refractivity contribution in [3.8, 4) is 0 Å². The number of benzene rings is 1. The summed E-state index contributed by atoms with van der Waals surface area (Å²) in [6, 6.07) is 2.91. The molecule has 0 saturated carbocycles. The highest BCUT2D eigenvalue weighted by Crippen LogP contribution is 2.32. The van der Waals surface area contributed by atoms with Crippen LogP contribution in [0.4, 0.5) is 0 Å². The van der Waals surface area contributed by atoms with E-state index in [0.29, 0.717) is 6.42 Å². The lowest BCUT2D eigenvalue weighted by Gasteiger charge is -2.22. The molecule has 0 atom stereocenters. The molecule has 1 rings (SSSR count). The Kier molecular flexibility index (Phi) is 7.25. The van der Waals surface area contributed by atoms with Crippen molar-refractivity contribution in [1.29, 1.82) is 0 Å². The Labute approximate surface area is 137 Å². The highest BCUT2D eigenvalue weighted by Gasteiger charge is 2.24. The van der Waals surface area contributed by atoms with Gasteiger partial charge in [-0.3, -0.25) is 9.63 Å². The van der Waals surface area contributed by atoms with Crippen molar-refractivity contribution in [3.05, 3.63) is 32.8 Å². The highest BCUT2D eigenvalue weighted by molar-refractivity contribution is 6.46. The molecule has 1 amide bonds. The van der Waals surface area contributed by atoms with Crippen molar-refractivity contribution in [2.45, 2.75) is 19.8 Å². The van der Waals surface area contributed by atoms with E-state index in [1.807, 2.05) is 6.92 Å². The van der Waals surface area contributed by atoms with E-state index in [0.717, 1.165) is 11.5 Å². The van der Waals surface area contributed by atoms with Crippen LogP contribution >= 0.6 is 34.8 Å². The van der Waals surface area contributed by atoms with Crippen LogP contribution in [0.25, 0.3) is 0 Å². The van der Waals surface area contributed by atoms with Crippen molar-refractivity contribution in [3.63, 3.8) is 0 Å². The number of unbranched alkanes of at least 4 members (excludes halogenated alkanes) is 1. The minimum Gasteiger partial charge on any atom is -0.479 e. The van der Waals surface area contributed by atoms with Gasteiger partial charge in [0.2, 0.25) is 0 Å². The van der Waals surface area contributed by atoms with Gasteiger partial charge >= 0.3 is 5.97 Å². The monoisotopic (exact) mass is 353 g/mol. The van der Waals surface area contributed by atoms with E-state index < -0.39 is 18.5 Å². The maximum atomic E-state index is 12.4. The van der Waals surface area contributed by atoms with E-state index in [-0.39, 0.29) is 27.2 Å². The van der Waals surface area contributed by atoms with Crippen LogP contribution in [0.5, 0.6) is 0 Å². The zero-order valence-corrected chi connectivity index (χ0v) is 13.5. The number of carbonyl (C=O) groups excluding carboxylic acids is 1. The number of halogens is 3. The van der Waals surface area contributed by atoms with Crippen LogP contribution < -0.4 is 0 Å². The number of rotatable bonds is 7. The first-order chi connectivity index (χ1) is 9.88. The molecule has 0 aromatic heterocycles. The molecule has 0 unspecified atom stereocenters. The van der Waals surface area contributed by atoms with E-state index >= 15 is 0 Å². The normalized spacial score (nSPS) is 10.5. The molecule has 8 heteroatoms. The minimum atomic E-state index is -1.19. The van der Waals surface area contributed by atoms with Crippen molar-refractivity contribution < 1.29 is 19.5 Å². The molecule has 116 valence electrons. The quantitative estimate of drug-likeness (QED) is 0.595. The molecule has 1 N–H and O–H groups in total. The molecule has 0 fully saturated rings. The SMILES string of the molecule is CCCCN(OCC(=O)O)C(=O)c1c(Cl)ccc(Cl)c1Cl. The zero-order chi connectivity index (χ0) is 16.0. The summed E-state index contributed by atoms with van der Waals surface area (Å²) in [4.78, 5) is 28.0. The molecule has 5 nitrogen and oxygen atoms in total. The Morgan fingerprint density at radius 2 is 1.86 bits per heavy atom. The van der Waals surface area contributed by atoms with Crippen LogP contribution in [0, 0.1) is 0 Å². The molecule has 1 aromatic carbocycles. The van der Waals surface area contributed by atoms with Gasteiger partial charge in [-0.2, -0.15) is 0 Å². The highest BCUT2D eigenvalue weighted by atomic mass is 35.5. The molecule has 1 aromatic rings. The number of hydroxylamine groups is 2. The van der Waals surface area contributed by atoms with Gasteiger partial charge in [0.1, 0.15) is 0 Å². The topological polar surface area (TPSA) is 66.8 Å². The summed E-state index contributed by atoms with van der Waals surface area (Å²) >= 11 is 17.8. The number of carbonyl (C=O) groups is 2. The van der Waals surface area contributed by atoms with Crippen LogP contribution in [0.3, 0.4) is 0 Å². The standard InChI is InChI=1S/C13H14Cl3NO4/c1-2-3-6-17(21-7-10(18)19)13(20)11-8(14)4-5-9(15)12(11)16/h4-5H,2-3,6-7H2,1H3,(H,18,19). The predicted molar refractivity (Wildman–Crippen MR) is 81.0 cm³/mol. The molecular weight excluding hydrogens is 341 g/mol. The van der Waals surface area contributed by atoms with Gasteiger partial charge in [-0.1, -0.05) is 48.1 Å². The first kappa shape index (κ1) is 18.0. The molecule has 0 aliphatic rings. The number of nitrogens with zero attached hydrogens (tertiary/aromatic N) is 1. The van der Waals surface area contributed by atoms with E-state index in [2.05, 4.69) is 0 Å². The summed E-state index contributed by atoms with van der Waals surface area (Å²) in [5, 5.41) is 9.91. The van der Waals surface area contributed by atoms with Gasteiger partial charge in [-0.15, -0.1) is 0 Å². The summed E-state index contributed by atoms with van der Waals surface area (Å²) in [5.41, 5.74) is -0.00711. The van der Waals surface area contributed by atoms with Gasteiger partial charge in [0.05, 0.1) is 20.6 Å². The second kappa shape index (κ2) is 8.44. The third kappa shape index (κ3) is 5.04. The number of hydrogen-bond acceptors (Lipinski definition) is 3. The summed E-state index contributed by atoms with van der Waals surface area (Å²) in [6.07, 6.45) is 1.44. The number of amides is 1. The lowest BCUT2D eigenvalue weighted by Crippen LogP contribution is -2.34. The van der Waals surface area contributed by atoms with Gasteiger partial charge in [-0.25, -0.2) is 9.86 Å². The number of carboxylic acids is 1. The lowest BCUT2D eigenvalue weighted by molar-refractivity contribution is -0.164. The Morgan fingerprint density at radius 3 is 2.43 bits per heavy atom. The fraction of sp³-hybridized carbons (Fsp3) is 0.385. The largest absolute Gasteiger partial charge is 0.479 e. The molecule has 0 saturated heterocycles. The lowest BCUT2D eigenvalue weighted by atomic mass is 10.2. The molecular formula is C13H14Cl3NO4. The maximum absolute atomic E-state index is 12.4. The summed E-state index contributed by atoms with van der Waals surface area (Å²) in [6.45, 7) is 1.52. The van der Waals surface area contributed by atoms with Gasteiger partial charge in [0.25, 0.3) is 5.91 Å². The molecule has 0 heterocycles. The third-order valence-corrected chi connectivity index (χ3v) is 3.66. The fourth-order valence-electron chi connectivity index (χ4n) is 1.51. The Balaban J connectivity index is 3.04. The average Bonchev–Trinajstić information content (AvgIpc) is 2.43. The number of hydrogen-bond donors (Lipinski definition) is 1. The van der Waals surface area contributed by atoms with Crippen LogP contribution in [0.1, 0.15) is 30.1 Å². The van der Waals surface area contributed by atoms with Crippen molar-refractivity contribution in [2.24, 2.45) is 0 Å². The van der Waals surface area contributed by atoms with E-state index in [1.54, 1.807) is 0 Å². The molecule has 0 aliphatic carbocycles. The summed E-state index contributed by atoms with van der Waals surface area (Å²) < 4.78 is 0. The van der Waals surface area contributed by atoms with E-state index in [1.165, 1.54) is 12.1 Å². The van der Waals surface area contributed by atoms with Crippen molar-refractivity contribution in [2.75, 3.05) is 13.2 Å². The molecule has 0 bridgehead atoms. The summed E-state index contributed by atoms with van der Waals surface area (Å²) in [7, 11) is 0. The van der Waals surface area contributed by atoms with Crippen molar-refractivity contribution in [1.82, 2.24) is 5.06 Å². The van der Waals surface area contributed by atoms with Gasteiger partial charge < -0.3 is 5.11 Å². The zero-order valence-electron chi connectivity index (χ0n) is 11.2. The second-order valence-electron chi connectivity index (χ2n) is 4.15. The van der Waals surface area contributed by atoms with Crippen LogP contribution in [-0.2, 0) is 9.63 Å². The Morgan fingerprint density at radius 1 is 1.24 bits per heavy atom. The van der Waals surface area contributed by atoms with Crippen molar-refractivity contribution >= 4 is 46.7 Å². The number of carboxylic acid groups (broad SMARTS) is 1. The fourth-order valence-corrected chi connectivity index (χ4v) is 2.20. The first-order valence-electron chi connectivity index (χ1n) is 6.18. The average molecular weight is 355 g/mol. The van der Waals surface area contributed by atoms with Gasteiger partial charge in [-0.05, 0) is 18.6 Å². The maximum Gasteiger partial charge on any atom is 0.332 e. The van der Waals surface area contributed by atoms with Gasteiger partial charge in [0, 0.05) is 6.54 Å². The van der Waals surface area contributed by atoms with E-state index in [9.17, 15) is 9.59 Å². The minimum absolute atomic E-state index is 0.00711. The Bertz CT molecular complexity index is 536. The molecule has 0 radical (unpaired) electrons. The molecule has 0 aliphatic heterocycles. The molecule has 0 spiro atoms. The van der Waals surface area contributed by atoms with Crippen LogP contribution in [0.15, 0.2) is 12.1 Å². The Hall–Kier alpha value is -1.01. The third-order valence-electron chi connectivity index (χ3n) is 2.54.